The van der Waals surface area contributed by atoms with Crippen molar-refractivity contribution in [3.05, 3.63) is 76.0 Å². The number of nitrogens with zero attached hydrogens (tertiary/aromatic N) is 2. The van der Waals surface area contributed by atoms with Gasteiger partial charge in [-0.05, 0) is 77.3 Å². The molecule has 2 aromatic rings. The Morgan fingerprint density at radius 2 is 1.59 bits per heavy atom. The fraction of sp³-hybridized carbons (Fsp3) is 0.296. The molecule has 5 rings (SSSR count). The Balaban J connectivity index is 1.60. The normalized spacial score (nSPS) is 20.1. The summed E-state index contributed by atoms with van der Waals surface area (Å²) in [5.74, 6) is 2.92. The van der Waals surface area contributed by atoms with Crippen molar-refractivity contribution in [2.24, 2.45) is 4.99 Å². The van der Waals surface area contributed by atoms with E-state index >= 15 is 0 Å². The highest BCUT2D eigenvalue weighted by atomic mass is 32.2. The number of allylic oxidation sites excluding steroid dienone is 1. The van der Waals surface area contributed by atoms with Gasteiger partial charge in [0.05, 0.1) is 40.2 Å². The van der Waals surface area contributed by atoms with Gasteiger partial charge in [0, 0.05) is 6.20 Å². The average Bonchev–Trinajstić information content (AvgIpc) is 3.35. The molecule has 0 saturated heterocycles. The first-order valence-corrected chi connectivity index (χ1v) is 12.1. The van der Waals surface area contributed by atoms with Gasteiger partial charge in [-0.1, -0.05) is 23.9 Å². The maximum Gasteiger partial charge on any atom is 0.173 e. The predicted octanol–water partition coefficient (Wildman–Crippen LogP) is 6.17. The summed E-state index contributed by atoms with van der Waals surface area (Å²) >= 11 is 1.66. The summed E-state index contributed by atoms with van der Waals surface area (Å²) in [7, 11) is 6.65. The van der Waals surface area contributed by atoms with Crippen LogP contribution in [-0.4, -0.2) is 38.5 Å². The molecular formula is C27H28N2O4S. The summed E-state index contributed by atoms with van der Waals surface area (Å²) in [5.41, 5.74) is 5.92. The molecule has 0 radical (unpaired) electrons. The van der Waals surface area contributed by atoms with Gasteiger partial charge in [0.1, 0.15) is 0 Å². The van der Waals surface area contributed by atoms with Gasteiger partial charge in [-0.2, -0.15) is 0 Å². The van der Waals surface area contributed by atoms with E-state index in [1.807, 2.05) is 18.2 Å². The number of amidine groups is 1. The van der Waals surface area contributed by atoms with Crippen molar-refractivity contribution >= 4 is 23.0 Å². The standard InChI is InChI=1S/C27H28N2O4S/c1-30-21-10-8-17(15-23(21)32-3)14-18-6-5-7-20-25(18)28-27-29(12-13-34-27)26(20)19-9-11-22(31-2)24(16-19)33-4/h8-16,26H,5-7H2,1-4H3/b18-14+. The Labute approximate surface area is 204 Å². The lowest BCUT2D eigenvalue weighted by Crippen LogP contribution is -2.32. The third-order valence-electron chi connectivity index (χ3n) is 6.40. The van der Waals surface area contributed by atoms with Crippen LogP contribution in [-0.2, 0) is 0 Å². The smallest absolute Gasteiger partial charge is 0.173 e. The monoisotopic (exact) mass is 476 g/mol. The minimum Gasteiger partial charge on any atom is -0.493 e. The maximum atomic E-state index is 5.61. The fourth-order valence-corrected chi connectivity index (χ4v) is 5.56. The fourth-order valence-electron chi connectivity index (χ4n) is 4.82. The number of aliphatic imine (C=N–C) groups is 1. The van der Waals surface area contributed by atoms with E-state index in [1.165, 1.54) is 11.1 Å². The highest BCUT2D eigenvalue weighted by Gasteiger charge is 2.36. The van der Waals surface area contributed by atoms with Gasteiger partial charge >= 0.3 is 0 Å². The number of rotatable bonds is 6. The number of benzene rings is 2. The van der Waals surface area contributed by atoms with E-state index in [0.29, 0.717) is 0 Å². The molecule has 3 aliphatic rings. The Morgan fingerprint density at radius 1 is 0.882 bits per heavy atom. The molecule has 1 aliphatic carbocycles. The first-order valence-electron chi connectivity index (χ1n) is 11.2. The third-order valence-corrected chi connectivity index (χ3v) is 7.17. The van der Waals surface area contributed by atoms with E-state index in [4.69, 9.17) is 23.9 Å². The van der Waals surface area contributed by atoms with Gasteiger partial charge in [0.15, 0.2) is 28.2 Å². The number of hydrogen-bond donors (Lipinski definition) is 0. The van der Waals surface area contributed by atoms with Gasteiger partial charge in [0.25, 0.3) is 0 Å². The van der Waals surface area contributed by atoms with Crippen molar-refractivity contribution in [3.8, 4) is 23.0 Å². The van der Waals surface area contributed by atoms with Crippen molar-refractivity contribution in [1.29, 1.82) is 0 Å². The Bertz CT molecular complexity index is 1230. The van der Waals surface area contributed by atoms with Crippen LogP contribution >= 0.6 is 11.8 Å². The molecule has 0 aromatic heterocycles. The van der Waals surface area contributed by atoms with Crippen molar-refractivity contribution in [1.82, 2.24) is 4.90 Å². The van der Waals surface area contributed by atoms with Crippen molar-refractivity contribution < 1.29 is 18.9 Å². The van der Waals surface area contributed by atoms with Gasteiger partial charge in [0.2, 0.25) is 0 Å². The van der Waals surface area contributed by atoms with Crippen LogP contribution in [0.2, 0.25) is 0 Å². The molecule has 6 nitrogen and oxygen atoms in total. The second-order valence-electron chi connectivity index (χ2n) is 8.23. The molecule has 1 atom stereocenters. The highest BCUT2D eigenvalue weighted by molar-refractivity contribution is 8.16. The third kappa shape index (κ3) is 3.94. The molecular weight excluding hydrogens is 448 g/mol. The van der Waals surface area contributed by atoms with Gasteiger partial charge in [-0.3, -0.25) is 0 Å². The highest BCUT2D eigenvalue weighted by Crippen LogP contribution is 2.48. The molecule has 0 fully saturated rings. The first kappa shape index (κ1) is 22.5. The van der Waals surface area contributed by atoms with Crippen LogP contribution in [0.1, 0.15) is 36.4 Å². The molecule has 1 unspecified atom stereocenters. The first-order chi connectivity index (χ1) is 16.7. The Hall–Kier alpha value is -3.32. The lowest BCUT2D eigenvalue weighted by atomic mass is 9.83. The molecule has 0 N–H and O–H groups in total. The molecule has 2 aromatic carbocycles. The SMILES string of the molecule is COc1ccc(/C=C2\CCCC3=C2N=C2SC=CN2C3c2ccc(OC)c(OC)c2)cc1OC. The minimum absolute atomic E-state index is 0.0719. The summed E-state index contributed by atoms with van der Waals surface area (Å²) in [6, 6.07) is 12.3. The number of hydrogen-bond acceptors (Lipinski definition) is 7. The van der Waals surface area contributed by atoms with Crippen LogP contribution < -0.4 is 18.9 Å². The van der Waals surface area contributed by atoms with E-state index in [9.17, 15) is 0 Å². The summed E-state index contributed by atoms with van der Waals surface area (Å²) in [4.78, 5) is 7.38. The molecule has 34 heavy (non-hydrogen) atoms. The number of methoxy groups -OCH3 is 4. The van der Waals surface area contributed by atoms with Crippen molar-refractivity contribution in [3.63, 3.8) is 0 Å². The summed E-state index contributed by atoms with van der Waals surface area (Å²) in [6.45, 7) is 0. The largest absolute Gasteiger partial charge is 0.493 e. The molecule has 0 spiro atoms. The lowest BCUT2D eigenvalue weighted by Gasteiger charge is -2.37. The maximum absolute atomic E-state index is 5.61. The van der Waals surface area contributed by atoms with Gasteiger partial charge in [-0.25, -0.2) is 4.99 Å². The van der Waals surface area contributed by atoms with E-state index in [-0.39, 0.29) is 6.04 Å². The van der Waals surface area contributed by atoms with E-state index in [2.05, 4.69) is 40.8 Å². The quantitative estimate of drug-likeness (QED) is 0.497. The molecule has 176 valence electrons. The van der Waals surface area contributed by atoms with E-state index < -0.39 is 0 Å². The van der Waals surface area contributed by atoms with Crippen LogP contribution in [0.25, 0.3) is 6.08 Å². The van der Waals surface area contributed by atoms with Gasteiger partial charge < -0.3 is 23.8 Å². The Kier molecular flexibility index (Phi) is 6.28. The zero-order chi connectivity index (χ0) is 23.7. The summed E-state index contributed by atoms with van der Waals surface area (Å²) < 4.78 is 22.0. The Morgan fingerprint density at radius 3 is 2.32 bits per heavy atom. The summed E-state index contributed by atoms with van der Waals surface area (Å²) in [5, 5.41) is 3.10. The molecule has 7 heteroatoms. The number of ether oxygens (including phenoxy) is 4. The topological polar surface area (TPSA) is 52.5 Å². The van der Waals surface area contributed by atoms with Crippen LogP contribution in [0.15, 0.2) is 69.8 Å². The summed E-state index contributed by atoms with van der Waals surface area (Å²) in [6.07, 6.45) is 7.43. The second kappa shape index (κ2) is 9.50. The van der Waals surface area contributed by atoms with Crippen molar-refractivity contribution in [2.75, 3.05) is 28.4 Å². The number of thioether (sulfide) groups is 1. The minimum atomic E-state index is 0.0719. The van der Waals surface area contributed by atoms with Crippen LogP contribution in [0.4, 0.5) is 0 Å². The molecule has 0 saturated carbocycles. The van der Waals surface area contributed by atoms with Crippen LogP contribution in [0.5, 0.6) is 23.0 Å². The van der Waals surface area contributed by atoms with Crippen LogP contribution in [0, 0.1) is 0 Å². The second-order valence-corrected chi connectivity index (χ2v) is 9.11. The predicted molar refractivity (Wildman–Crippen MR) is 137 cm³/mol. The average molecular weight is 477 g/mol. The van der Waals surface area contributed by atoms with Gasteiger partial charge in [-0.15, -0.1) is 0 Å². The molecule has 2 heterocycles. The lowest BCUT2D eigenvalue weighted by molar-refractivity contribution is 0.352. The number of fused-ring (bicyclic) bond motifs is 1. The molecule has 0 amide bonds. The molecule has 2 aliphatic heterocycles. The van der Waals surface area contributed by atoms with E-state index in [1.54, 1.807) is 40.2 Å². The molecule has 0 bridgehead atoms. The van der Waals surface area contributed by atoms with Crippen molar-refractivity contribution in [2.45, 2.75) is 25.3 Å². The van der Waals surface area contributed by atoms with Crippen LogP contribution in [0.3, 0.4) is 0 Å². The zero-order valence-corrected chi connectivity index (χ0v) is 20.6. The zero-order valence-electron chi connectivity index (χ0n) is 19.8. The van der Waals surface area contributed by atoms with E-state index in [0.717, 1.165) is 64.3 Å².